The molecule has 2 unspecified atom stereocenters. The second-order valence-corrected chi connectivity index (χ2v) is 4.93. The van der Waals surface area contributed by atoms with E-state index in [4.69, 9.17) is 5.73 Å². The Kier molecular flexibility index (Phi) is 8.70. The maximum absolute atomic E-state index is 11.9. The minimum Gasteiger partial charge on any atom is -0.327 e. The fourth-order valence-electron chi connectivity index (χ4n) is 1.69. The van der Waals surface area contributed by atoms with E-state index in [0.29, 0.717) is 6.54 Å². The number of amides is 1. The minimum atomic E-state index is -0.218. The van der Waals surface area contributed by atoms with Gasteiger partial charge in [-0.25, -0.2) is 9.67 Å². The van der Waals surface area contributed by atoms with Crippen LogP contribution in [0.15, 0.2) is 36.9 Å². The van der Waals surface area contributed by atoms with E-state index in [1.165, 1.54) is 6.33 Å². The lowest BCUT2D eigenvalue weighted by Crippen LogP contribution is -2.34. The lowest BCUT2D eigenvalue weighted by molar-refractivity contribution is -0.119. The SMILES string of the molecule is CC(N)C(C)C(=O)Nc1ccc(Cn2cncn2)cc1.Cl.Cl. The summed E-state index contributed by atoms with van der Waals surface area (Å²) in [5, 5.41) is 6.90. The lowest BCUT2D eigenvalue weighted by atomic mass is 10.0. The molecule has 0 radical (unpaired) electrons. The van der Waals surface area contributed by atoms with Crippen LogP contribution < -0.4 is 11.1 Å². The molecule has 0 spiro atoms. The highest BCUT2D eigenvalue weighted by Crippen LogP contribution is 2.12. The van der Waals surface area contributed by atoms with Crippen LogP contribution in [0.25, 0.3) is 0 Å². The molecule has 2 rings (SSSR count). The molecule has 0 aliphatic heterocycles. The zero-order chi connectivity index (χ0) is 14.5. The van der Waals surface area contributed by atoms with Gasteiger partial charge < -0.3 is 11.1 Å². The summed E-state index contributed by atoms with van der Waals surface area (Å²) in [5.74, 6) is -0.283. The second kappa shape index (κ2) is 9.40. The van der Waals surface area contributed by atoms with Crippen molar-refractivity contribution in [2.45, 2.75) is 26.4 Å². The number of hydrogen-bond donors (Lipinski definition) is 2. The van der Waals surface area contributed by atoms with Crippen molar-refractivity contribution in [1.82, 2.24) is 14.8 Å². The van der Waals surface area contributed by atoms with E-state index in [9.17, 15) is 4.79 Å². The van der Waals surface area contributed by atoms with Crippen molar-refractivity contribution >= 4 is 36.4 Å². The average Bonchev–Trinajstić information content (AvgIpc) is 2.92. The summed E-state index contributed by atoms with van der Waals surface area (Å²) in [4.78, 5) is 15.8. The third kappa shape index (κ3) is 5.63. The monoisotopic (exact) mass is 345 g/mol. The molecule has 1 amide bonds. The summed E-state index contributed by atoms with van der Waals surface area (Å²) in [6, 6.07) is 7.49. The van der Waals surface area contributed by atoms with E-state index in [1.54, 1.807) is 11.0 Å². The fraction of sp³-hybridized carbons (Fsp3) is 0.357. The van der Waals surface area contributed by atoms with Crippen molar-refractivity contribution in [3.63, 3.8) is 0 Å². The Morgan fingerprint density at radius 1 is 1.27 bits per heavy atom. The van der Waals surface area contributed by atoms with E-state index < -0.39 is 0 Å². The Bertz CT molecular complexity index is 557. The quantitative estimate of drug-likeness (QED) is 0.868. The van der Waals surface area contributed by atoms with Crippen molar-refractivity contribution < 1.29 is 4.79 Å². The van der Waals surface area contributed by atoms with Gasteiger partial charge in [-0.2, -0.15) is 5.10 Å². The maximum atomic E-state index is 11.9. The highest BCUT2D eigenvalue weighted by Gasteiger charge is 2.16. The van der Waals surface area contributed by atoms with E-state index in [2.05, 4.69) is 15.4 Å². The van der Waals surface area contributed by atoms with Crippen molar-refractivity contribution in [2.75, 3.05) is 5.32 Å². The first kappa shape index (κ1) is 20.4. The molecule has 0 bridgehead atoms. The van der Waals surface area contributed by atoms with Crippen LogP contribution in [0, 0.1) is 5.92 Å². The Morgan fingerprint density at radius 2 is 1.91 bits per heavy atom. The van der Waals surface area contributed by atoms with Crippen LogP contribution in [0.4, 0.5) is 5.69 Å². The van der Waals surface area contributed by atoms with Gasteiger partial charge in [-0.05, 0) is 24.6 Å². The molecule has 2 atom stereocenters. The van der Waals surface area contributed by atoms with Gasteiger partial charge in [-0.15, -0.1) is 24.8 Å². The molecular formula is C14H21Cl2N5O. The number of hydrogen-bond acceptors (Lipinski definition) is 4. The first-order chi connectivity index (χ1) is 9.56. The van der Waals surface area contributed by atoms with Crippen LogP contribution in [-0.2, 0) is 11.3 Å². The number of carbonyl (C=O) groups is 1. The molecule has 0 aliphatic carbocycles. The van der Waals surface area contributed by atoms with E-state index in [0.717, 1.165) is 11.3 Å². The third-order valence-electron chi connectivity index (χ3n) is 3.23. The molecule has 0 aliphatic rings. The standard InChI is InChI=1S/C14H19N5O.2ClH/c1-10(11(2)15)14(20)18-13-5-3-12(4-6-13)7-19-9-16-8-17-19;;/h3-6,8-11H,7,15H2,1-2H3,(H,18,20);2*1H. The number of aromatic nitrogens is 3. The Morgan fingerprint density at radius 3 is 2.41 bits per heavy atom. The maximum Gasteiger partial charge on any atom is 0.228 e. The molecule has 1 aromatic carbocycles. The first-order valence-electron chi connectivity index (χ1n) is 6.54. The number of nitrogens with one attached hydrogen (secondary N) is 1. The Labute approximate surface area is 142 Å². The van der Waals surface area contributed by atoms with Crippen LogP contribution in [0.5, 0.6) is 0 Å². The van der Waals surface area contributed by atoms with Crippen LogP contribution in [-0.4, -0.2) is 26.7 Å². The van der Waals surface area contributed by atoms with Gasteiger partial charge in [-0.3, -0.25) is 4.79 Å². The van der Waals surface area contributed by atoms with Gasteiger partial charge in [0.25, 0.3) is 0 Å². The third-order valence-corrected chi connectivity index (χ3v) is 3.23. The van der Waals surface area contributed by atoms with E-state index >= 15 is 0 Å². The zero-order valence-corrected chi connectivity index (χ0v) is 14.1. The molecule has 2 aromatic rings. The summed E-state index contributed by atoms with van der Waals surface area (Å²) < 4.78 is 1.74. The molecule has 3 N–H and O–H groups in total. The van der Waals surface area contributed by atoms with Gasteiger partial charge in [0.05, 0.1) is 12.5 Å². The summed E-state index contributed by atoms with van der Waals surface area (Å²) in [5.41, 5.74) is 7.57. The summed E-state index contributed by atoms with van der Waals surface area (Å²) >= 11 is 0. The van der Waals surface area contributed by atoms with Gasteiger partial charge in [-0.1, -0.05) is 19.1 Å². The van der Waals surface area contributed by atoms with Gasteiger partial charge in [0.1, 0.15) is 12.7 Å². The summed E-state index contributed by atoms with van der Waals surface area (Å²) in [6.45, 7) is 4.30. The second-order valence-electron chi connectivity index (χ2n) is 4.93. The molecular weight excluding hydrogens is 325 g/mol. The predicted octanol–water partition coefficient (Wildman–Crippen LogP) is 2.09. The largest absolute Gasteiger partial charge is 0.327 e. The van der Waals surface area contributed by atoms with E-state index in [-0.39, 0.29) is 42.7 Å². The van der Waals surface area contributed by atoms with Crippen LogP contribution in [0.1, 0.15) is 19.4 Å². The highest BCUT2D eigenvalue weighted by molar-refractivity contribution is 5.92. The molecule has 0 fully saturated rings. The normalized spacial score (nSPS) is 12.5. The molecule has 22 heavy (non-hydrogen) atoms. The molecule has 1 aromatic heterocycles. The topological polar surface area (TPSA) is 85.8 Å². The number of anilines is 1. The zero-order valence-electron chi connectivity index (χ0n) is 12.5. The Balaban J connectivity index is 0.00000220. The Hall–Kier alpha value is -1.63. The molecule has 8 heteroatoms. The average molecular weight is 346 g/mol. The van der Waals surface area contributed by atoms with Gasteiger partial charge in [0.15, 0.2) is 0 Å². The van der Waals surface area contributed by atoms with Crippen LogP contribution in [0.2, 0.25) is 0 Å². The minimum absolute atomic E-state index is 0. The number of benzene rings is 1. The van der Waals surface area contributed by atoms with Crippen molar-refractivity contribution in [1.29, 1.82) is 0 Å². The predicted molar refractivity (Wildman–Crippen MR) is 91.5 cm³/mol. The highest BCUT2D eigenvalue weighted by atomic mass is 35.5. The smallest absolute Gasteiger partial charge is 0.228 e. The molecule has 122 valence electrons. The summed E-state index contributed by atoms with van der Waals surface area (Å²) in [6.07, 6.45) is 3.17. The molecule has 6 nitrogen and oxygen atoms in total. The molecule has 0 saturated heterocycles. The van der Waals surface area contributed by atoms with Crippen LogP contribution in [0.3, 0.4) is 0 Å². The number of nitrogens with zero attached hydrogens (tertiary/aromatic N) is 3. The van der Waals surface area contributed by atoms with Crippen LogP contribution >= 0.6 is 24.8 Å². The first-order valence-corrected chi connectivity index (χ1v) is 6.54. The van der Waals surface area contributed by atoms with Crippen molar-refractivity contribution in [3.05, 3.63) is 42.5 Å². The number of nitrogens with two attached hydrogens (primary N) is 1. The number of halogens is 2. The number of carbonyl (C=O) groups excluding carboxylic acids is 1. The van der Waals surface area contributed by atoms with Gasteiger partial charge >= 0.3 is 0 Å². The van der Waals surface area contributed by atoms with Crippen molar-refractivity contribution in [3.8, 4) is 0 Å². The van der Waals surface area contributed by atoms with Gasteiger partial charge in [0, 0.05) is 11.7 Å². The van der Waals surface area contributed by atoms with Crippen molar-refractivity contribution in [2.24, 2.45) is 11.7 Å². The molecule has 1 heterocycles. The number of rotatable bonds is 5. The fourth-order valence-corrected chi connectivity index (χ4v) is 1.69. The molecule has 0 saturated carbocycles. The summed E-state index contributed by atoms with van der Waals surface area (Å²) in [7, 11) is 0. The van der Waals surface area contributed by atoms with E-state index in [1.807, 2.05) is 38.1 Å². The lowest BCUT2D eigenvalue weighted by Gasteiger charge is -2.15. The van der Waals surface area contributed by atoms with Gasteiger partial charge in [0.2, 0.25) is 5.91 Å².